The monoisotopic (exact) mass is 636 g/mol. The fourth-order valence-corrected chi connectivity index (χ4v) is 6.55. The van der Waals surface area contributed by atoms with Crippen molar-refractivity contribution >= 4 is 39.7 Å². The summed E-state index contributed by atoms with van der Waals surface area (Å²) in [5.41, 5.74) is 3.95. The van der Waals surface area contributed by atoms with Crippen LogP contribution >= 0.6 is 11.3 Å². The SMILES string of the molecule is COC(=O)NCC1CC(Nc2cc(-c3ccc4cc(C#N)cnn34)ncc2-c2nnc(N3CCC(NC(C)=O)C(F)(F)C3)s2)C1. The number of piperidine rings is 1. The van der Waals surface area contributed by atoms with E-state index in [9.17, 15) is 23.6 Å². The molecule has 3 N–H and O–H groups in total. The van der Waals surface area contributed by atoms with Crippen molar-refractivity contribution in [2.24, 2.45) is 5.92 Å². The molecule has 1 aliphatic carbocycles. The van der Waals surface area contributed by atoms with Crippen LogP contribution < -0.4 is 20.9 Å². The molecule has 0 aromatic carbocycles. The van der Waals surface area contributed by atoms with E-state index in [1.54, 1.807) is 16.8 Å². The van der Waals surface area contributed by atoms with E-state index >= 15 is 0 Å². The molecule has 1 atom stereocenters. The maximum absolute atomic E-state index is 14.9. The third-order valence-corrected chi connectivity index (χ3v) is 9.02. The Morgan fingerprint density at radius 2 is 2.04 bits per heavy atom. The van der Waals surface area contributed by atoms with Crippen molar-refractivity contribution in [2.45, 2.75) is 44.2 Å². The molecule has 0 spiro atoms. The second kappa shape index (κ2) is 12.2. The van der Waals surface area contributed by atoms with Crippen molar-refractivity contribution in [3.05, 3.63) is 42.2 Å². The van der Waals surface area contributed by atoms with E-state index in [0.29, 0.717) is 40.0 Å². The van der Waals surface area contributed by atoms with Crippen LogP contribution in [0.1, 0.15) is 31.7 Å². The molecule has 234 valence electrons. The van der Waals surface area contributed by atoms with Crippen LogP contribution in [0.25, 0.3) is 27.5 Å². The van der Waals surface area contributed by atoms with E-state index < -0.39 is 30.5 Å². The summed E-state index contributed by atoms with van der Waals surface area (Å²) in [6.07, 6.45) is 4.41. The van der Waals surface area contributed by atoms with Gasteiger partial charge in [-0.15, -0.1) is 10.2 Å². The first-order valence-corrected chi connectivity index (χ1v) is 15.2. The molecule has 45 heavy (non-hydrogen) atoms. The average Bonchev–Trinajstić information content (AvgIpc) is 3.66. The summed E-state index contributed by atoms with van der Waals surface area (Å²) in [7, 11) is 1.33. The van der Waals surface area contributed by atoms with Crippen molar-refractivity contribution in [1.29, 1.82) is 5.26 Å². The van der Waals surface area contributed by atoms with Gasteiger partial charge in [0.25, 0.3) is 5.92 Å². The molecule has 1 aliphatic heterocycles. The Bertz CT molecular complexity index is 1780. The topological polar surface area (TPSA) is 162 Å². The Kier molecular flexibility index (Phi) is 8.19. The molecule has 6 rings (SSSR count). The third kappa shape index (κ3) is 6.34. The predicted octanol–water partition coefficient (Wildman–Crippen LogP) is 3.68. The van der Waals surface area contributed by atoms with Crippen LogP contribution in [-0.2, 0) is 9.53 Å². The highest BCUT2D eigenvalue weighted by Gasteiger charge is 2.46. The van der Waals surface area contributed by atoms with Crippen LogP contribution in [0.2, 0.25) is 0 Å². The van der Waals surface area contributed by atoms with E-state index in [-0.39, 0.29) is 18.4 Å². The lowest BCUT2D eigenvalue weighted by atomic mass is 9.80. The van der Waals surface area contributed by atoms with Crippen molar-refractivity contribution in [3.63, 3.8) is 0 Å². The van der Waals surface area contributed by atoms with Crippen LogP contribution in [0.15, 0.2) is 36.7 Å². The van der Waals surface area contributed by atoms with Crippen LogP contribution in [0.5, 0.6) is 0 Å². The number of carbonyl (C=O) groups excluding carboxylic acids is 2. The first-order chi connectivity index (χ1) is 21.6. The Morgan fingerprint density at radius 3 is 2.78 bits per heavy atom. The number of halogens is 2. The van der Waals surface area contributed by atoms with Gasteiger partial charge in [-0.1, -0.05) is 11.3 Å². The molecule has 2 fully saturated rings. The van der Waals surface area contributed by atoms with Crippen molar-refractivity contribution in [3.8, 4) is 28.0 Å². The highest BCUT2D eigenvalue weighted by Crippen LogP contribution is 2.39. The number of nitrogens with one attached hydrogen (secondary N) is 3. The Hall–Kier alpha value is -4.91. The van der Waals surface area contributed by atoms with Gasteiger partial charge in [-0.05, 0) is 49.4 Å². The molecule has 2 amide bonds. The lowest BCUT2D eigenvalue weighted by Crippen LogP contribution is -2.58. The van der Waals surface area contributed by atoms with Crippen LogP contribution in [-0.4, -0.2) is 81.5 Å². The van der Waals surface area contributed by atoms with E-state index in [0.717, 1.165) is 29.7 Å². The van der Waals surface area contributed by atoms with E-state index in [1.807, 2.05) is 18.2 Å². The van der Waals surface area contributed by atoms with Gasteiger partial charge in [0.05, 0.1) is 53.9 Å². The molecule has 16 heteroatoms. The minimum atomic E-state index is -3.13. The number of nitrogens with zero attached hydrogens (tertiary/aromatic N) is 7. The summed E-state index contributed by atoms with van der Waals surface area (Å²) in [6.45, 7) is 1.45. The molecule has 1 unspecified atom stereocenters. The first kappa shape index (κ1) is 30.1. The molecule has 0 bridgehead atoms. The molecule has 1 saturated carbocycles. The number of alkyl halides is 2. The predicted molar refractivity (Wildman–Crippen MR) is 162 cm³/mol. The number of hydrogen-bond acceptors (Lipinski definition) is 11. The van der Waals surface area contributed by atoms with Gasteiger partial charge in [0, 0.05) is 37.9 Å². The molecule has 4 aromatic rings. The van der Waals surface area contributed by atoms with Crippen LogP contribution in [0.3, 0.4) is 0 Å². The second-order valence-corrected chi connectivity index (χ2v) is 12.1. The molecular weight excluding hydrogens is 606 g/mol. The maximum atomic E-state index is 14.9. The number of pyridine rings is 1. The molecule has 2 aliphatic rings. The molecule has 0 radical (unpaired) electrons. The number of anilines is 2. The molecular formula is C29H30F2N10O3S. The summed E-state index contributed by atoms with van der Waals surface area (Å²) in [5, 5.41) is 31.8. The summed E-state index contributed by atoms with van der Waals surface area (Å²) < 4.78 is 36.1. The zero-order valence-corrected chi connectivity index (χ0v) is 25.3. The van der Waals surface area contributed by atoms with Crippen LogP contribution in [0.4, 0.5) is 24.4 Å². The number of methoxy groups -OCH3 is 1. The van der Waals surface area contributed by atoms with Gasteiger partial charge in [-0.2, -0.15) is 10.4 Å². The Balaban J connectivity index is 1.26. The molecule has 5 heterocycles. The van der Waals surface area contributed by atoms with Crippen molar-refractivity contribution < 1.29 is 23.1 Å². The molecule has 4 aromatic heterocycles. The number of aromatic nitrogens is 5. The van der Waals surface area contributed by atoms with Gasteiger partial charge < -0.3 is 25.6 Å². The summed E-state index contributed by atoms with van der Waals surface area (Å²) in [4.78, 5) is 29.1. The fourth-order valence-electron chi connectivity index (χ4n) is 5.66. The second-order valence-electron chi connectivity index (χ2n) is 11.2. The Labute approximate surface area is 260 Å². The van der Waals surface area contributed by atoms with E-state index in [4.69, 9.17) is 4.98 Å². The smallest absolute Gasteiger partial charge is 0.406 e. The van der Waals surface area contributed by atoms with E-state index in [1.165, 1.54) is 36.5 Å². The summed E-state index contributed by atoms with van der Waals surface area (Å²) >= 11 is 1.19. The number of alkyl carbamates (subject to hydrolysis) is 1. The normalized spacial score (nSPS) is 20.6. The highest BCUT2D eigenvalue weighted by molar-refractivity contribution is 7.18. The van der Waals surface area contributed by atoms with Gasteiger partial charge in [0.15, 0.2) is 5.01 Å². The van der Waals surface area contributed by atoms with Gasteiger partial charge >= 0.3 is 6.09 Å². The number of nitriles is 1. The lowest BCUT2D eigenvalue weighted by molar-refractivity contribution is -0.124. The molecule has 1 saturated heterocycles. The number of fused-ring (bicyclic) bond motifs is 1. The minimum Gasteiger partial charge on any atom is -0.453 e. The largest absolute Gasteiger partial charge is 0.453 e. The third-order valence-electron chi connectivity index (χ3n) is 8.00. The Morgan fingerprint density at radius 1 is 1.22 bits per heavy atom. The summed E-state index contributed by atoms with van der Waals surface area (Å²) in [6, 6.07) is 8.35. The number of hydrogen-bond donors (Lipinski definition) is 3. The number of ether oxygens (including phenoxy) is 1. The van der Waals surface area contributed by atoms with Gasteiger partial charge in [0.1, 0.15) is 6.07 Å². The van der Waals surface area contributed by atoms with Crippen molar-refractivity contribution in [2.75, 3.05) is 37.0 Å². The van der Waals surface area contributed by atoms with Gasteiger partial charge in [0.2, 0.25) is 11.0 Å². The standard InChI is InChI=1S/C29H30F2N10O3S/c1-16(42)36-25-5-6-40(15-29(25,30)31)27-39-38-26(45-27)21-14-33-23(24-4-3-20-9-18(11-32)13-35-41(20)24)10-22(21)37-19-7-17(8-19)12-34-28(43)44-2/h3-4,9-10,13-14,17,19,25H,5-8,12,15H2,1-2H3,(H,33,37)(H,34,43)(H,36,42). The number of carbonyl (C=O) groups is 2. The highest BCUT2D eigenvalue weighted by atomic mass is 32.1. The number of rotatable bonds is 8. The lowest BCUT2D eigenvalue weighted by Gasteiger charge is -2.38. The maximum Gasteiger partial charge on any atom is 0.406 e. The zero-order chi connectivity index (χ0) is 31.7. The minimum absolute atomic E-state index is 0.0768. The number of amides is 2. The van der Waals surface area contributed by atoms with Crippen molar-refractivity contribution in [1.82, 2.24) is 35.4 Å². The van der Waals surface area contributed by atoms with Crippen LogP contribution in [0, 0.1) is 17.2 Å². The first-order valence-electron chi connectivity index (χ1n) is 14.3. The summed E-state index contributed by atoms with van der Waals surface area (Å²) in [5.74, 6) is -3.33. The van der Waals surface area contributed by atoms with Gasteiger partial charge in [-0.3, -0.25) is 9.78 Å². The van der Waals surface area contributed by atoms with E-state index in [2.05, 4.69) is 42.1 Å². The van der Waals surface area contributed by atoms with Gasteiger partial charge in [-0.25, -0.2) is 18.1 Å². The molecule has 13 nitrogen and oxygen atoms in total. The zero-order valence-electron chi connectivity index (χ0n) is 24.5. The average molecular weight is 637 g/mol. The fraction of sp³-hybridized carbons (Fsp3) is 0.414. The quantitative estimate of drug-likeness (QED) is 0.260.